The normalized spacial score (nSPS) is 10.9. The highest BCUT2D eigenvalue weighted by molar-refractivity contribution is 7.91. The lowest BCUT2D eigenvalue weighted by molar-refractivity contribution is 0.168. The molecule has 0 fully saturated rings. The molecule has 1 N–H and O–H groups in total. The minimum Gasteiger partial charge on any atom is -0.448 e. The second-order valence-electron chi connectivity index (χ2n) is 4.26. The highest BCUT2D eigenvalue weighted by Gasteiger charge is 2.14. The molecule has 6 heteroatoms. The maximum atomic E-state index is 12.0. The third-order valence-corrected chi connectivity index (χ3v) is 4.40. The highest BCUT2D eigenvalue weighted by atomic mass is 32.2. The van der Waals surface area contributed by atoms with Gasteiger partial charge in [-0.2, -0.15) is 0 Å². The van der Waals surface area contributed by atoms with Gasteiger partial charge < -0.3 is 4.74 Å². The number of carbonyl (C=O) groups excluding carboxylic acids is 1. The van der Waals surface area contributed by atoms with E-state index in [4.69, 9.17) is 4.74 Å². The molecule has 0 heterocycles. The second-order valence-corrected chi connectivity index (χ2v) is 6.37. The van der Waals surface area contributed by atoms with Crippen molar-refractivity contribution >= 4 is 21.6 Å². The third-order valence-electron chi connectivity index (χ3n) is 2.71. The van der Waals surface area contributed by atoms with Gasteiger partial charge in [-0.15, -0.1) is 0 Å². The predicted octanol–water partition coefficient (Wildman–Crippen LogP) is 2.71. The zero-order chi connectivity index (χ0) is 15.1. The van der Waals surface area contributed by atoms with Crippen LogP contribution in [0, 0.1) is 0 Å². The predicted molar refractivity (Wildman–Crippen MR) is 79.9 cm³/mol. The van der Waals surface area contributed by atoms with Crippen molar-refractivity contribution in [2.75, 3.05) is 17.7 Å². The van der Waals surface area contributed by atoms with E-state index in [0.29, 0.717) is 5.69 Å². The second kappa shape index (κ2) is 6.90. The van der Waals surface area contributed by atoms with E-state index in [9.17, 15) is 13.2 Å². The van der Waals surface area contributed by atoms with Gasteiger partial charge in [0.25, 0.3) is 0 Å². The monoisotopic (exact) mass is 305 g/mol. The van der Waals surface area contributed by atoms with Gasteiger partial charge in [-0.25, -0.2) is 13.2 Å². The zero-order valence-corrected chi connectivity index (χ0v) is 12.0. The maximum absolute atomic E-state index is 12.0. The Bertz CT molecular complexity index is 684. The summed E-state index contributed by atoms with van der Waals surface area (Å²) in [5.41, 5.74) is 0.591. The van der Waals surface area contributed by atoms with Crippen LogP contribution in [0.3, 0.4) is 0 Å². The minimum atomic E-state index is -3.43. The molecule has 0 saturated heterocycles. The van der Waals surface area contributed by atoms with Crippen LogP contribution in [0.15, 0.2) is 65.6 Å². The fourth-order valence-electron chi connectivity index (χ4n) is 1.67. The van der Waals surface area contributed by atoms with Gasteiger partial charge in [0, 0.05) is 5.69 Å². The number of carbonyl (C=O) groups is 1. The molecule has 0 radical (unpaired) electrons. The number of hydrogen-bond acceptors (Lipinski definition) is 4. The molecule has 0 saturated carbocycles. The molecule has 0 aliphatic carbocycles. The molecule has 2 rings (SSSR count). The fraction of sp³-hybridized carbons (Fsp3) is 0.133. The first kappa shape index (κ1) is 15.1. The van der Waals surface area contributed by atoms with Gasteiger partial charge in [0.1, 0.15) is 6.61 Å². The van der Waals surface area contributed by atoms with E-state index in [1.807, 2.05) is 6.07 Å². The first-order chi connectivity index (χ1) is 10.1. The minimum absolute atomic E-state index is 0.199. The van der Waals surface area contributed by atoms with Crippen molar-refractivity contribution in [1.82, 2.24) is 0 Å². The van der Waals surface area contributed by atoms with Crippen LogP contribution < -0.4 is 5.32 Å². The molecule has 0 spiro atoms. The van der Waals surface area contributed by atoms with E-state index >= 15 is 0 Å². The number of benzene rings is 2. The van der Waals surface area contributed by atoms with Gasteiger partial charge in [-0.05, 0) is 24.3 Å². The van der Waals surface area contributed by atoms with Crippen LogP contribution in [0.25, 0.3) is 0 Å². The van der Waals surface area contributed by atoms with E-state index in [-0.39, 0.29) is 17.3 Å². The first-order valence-corrected chi connectivity index (χ1v) is 8.00. The van der Waals surface area contributed by atoms with Gasteiger partial charge in [0.05, 0.1) is 10.6 Å². The van der Waals surface area contributed by atoms with Crippen LogP contribution in [0.2, 0.25) is 0 Å². The molecule has 0 atom stereocenters. The highest BCUT2D eigenvalue weighted by Crippen LogP contribution is 2.10. The van der Waals surface area contributed by atoms with Gasteiger partial charge in [0.15, 0.2) is 9.84 Å². The van der Waals surface area contributed by atoms with E-state index < -0.39 is 15.9 Å². The molecule has 110 valence electrons. The number of para-hydroxylation sites is 1. The van der Waals surface area contributed by atoms with Gasteiger partial charge in [-0.3, -0.25) is 5.32 Å². The third kappa shape index (κ3) is 4.61. The van der Waals surface area contributed by atoms with Crippen molar-refractivity contribution in [2.24, 2.45) is 0 Å². The van der Waals surface area contributed by atoms with Crippen molar-refractivity contribution < 1.29 is 17.9 Å². The summed E-state index contributed by atoms with van der Waals surface area (Å²) < 4.78 is 28.8. The van der Waals surface area contributed by atoms with Gasteiger partial charge >= 0.3 is 6.09 Å². The molecular formula is C15H15NO4S. The maximum Gasteiger partial charge on any atom is 0.411 e. The number of ether oxygens (including phenoxy) is 1. The van der Waals surface area contributed by atoms with Crippen molar-refractivity contribution in [2.45, 2.75) is 4.90 Å². The summed E-state index contributed by atoms with van der Waals surface area (Å²) >= 11 is 0. The first-order valence-electron chi connectivity index (χ1n) is 6.34. The topological polar surface area (TPSA) is 72.5 Å². The molecule has 2 aromatic rings. The smallest absolute Gasteiger partial charge is 0.411 e. The molecule has 0 aliphatic heterocycles. The Hall–Kier alpha value is -2.34. The Morgan fingerprint density at radius 2 is 1.52 bits per heavy atom. The number of amides is 1. The largest absolute Gasteiger partial charge is 0.448 e. The molecule has 0 aliphatic rings. The Morgan fingerprint density at radius 3 is 2.14 bits per heavy atom. The van der Waals surface area contributed by atoms with Crippen molar-refractivity contribution in [3.8, 4) is 0 Å². The summed E-state index contributed by atoms with van der Waals surface area (Å²) in [6.07, 6.45) is -0.676. The SMILES string of the molecule is O=C(Nc1ccccc1)OCCS(=O)(=O)c1ccccc1. The van der Waals surface area contributed by atoms with Gasteiger partial charge in [0.2, 0.25) is 0 Å². The number of nitrogens with one attached hydrogen (secondary N) is 1. The van der Waals surface area contributed by atoms with Gasteiger partial charge in [-0.1, -0.05) is 36.4 Å². The average Bonchev–Trinajstić information content (AvgIpc) is 2.49. The van der Waals surface area contributed by atoms with Crippen molar-refractivity contribution in [1.29, 1.82) is 0 Å². The lowest BCUT2D eigenvalue weighted by atomic mass is 10.3. The molecule has 21 heavy (non-hydrogen) atoms. The lowest BCUT2D eigenvalue weighted by Gasteiger charge is -2.07. The number of sulfone groups is 1. The Labute approximate surface area is 123 Å². The summed E-state index contributed by atoms with van der Waals surface area (Å²) in [6.45, 7) is -0.199. The van der Waals surface area contributed by atoms with Crippen LogP contribution in [0.5, 0.6) is 0 Å². The fourth-order valence-corrected chi connectivity index (χ4v) is 2.78. The molecule has 0 bridgehead atoms. The van der Waals surface area contributed by atoms with E-state index in [1.165, 1.54) is 12.1 Å². The van der Waals surface area contributed by atoms with E-state index in [2.05, 4.69) is 5.32 Å². The van der Waals surface area contributed by atoms with Crippen LogP contribution >= 0.6 is 0 Å². The summed E-state index contributed by atoms with van der Waals surface area (Å²) in [6, 6.07) is 16.9. The summed E-state index contributed by atoms with van der Waals surface area (Å²) in [4.78, 5) is 11.7. The van der Waals surface area contributed by atoms with Crippen LogP contribution in [0.4, 0.5) is 10.5 Å². The Morgan fingerprint density at radius 1 is 0.952 bits per heavy atom. The van der Waals surface area contributed by atoms with Crippen molar-refractivity contribution in [3.05, 3.63) is 60.7 Å². The summed E-state index contributed by atoms with van der Waals surface area (Å²) in [5, 5.41) is 2.51. The van der Waals surface area contributed by atoms with E-state index in [0.717, 1.165) is 0 Å². The molecule has 1 amide bonds. The average molecular weight is 305 g/mol. The number of rotatable bonds is 5. The Balaban J connectivity index is 1.83. The zero-order valence-electron chi connectivity index (χ0n) is 11.2. The summed E-state index contributed by atoms with van der Waals surface area (Å²) in [5.74, 6) is -0.251. The molecule has 2 aromatic carbocycles. The summed E-state index contributed by atoms with van der Waals surface area (Å²) in [7, 11) is -3.43. The quantitative estimate of drug-likeness (QED) is 0.922. The number of hydrogen-bond donors (Lipinski definition) is 1. The number of anilines is 1. The van der Waals surface area contributed by atoms with E-state index in [1.54, 1.807) is 42.5 Å². The molecule has 0 aromatic heterocycles. The molecule has 0 unspecified atom stereocenters. The van der Waals surface area contributed by atoms with Crippen LogP contribution in [0.1, 0.15) is 0 Å². The van der Waals surface area contributed by atoms with Crippen molar-refractivity contribution in [3.63, 3.8) is 0 Å². The van der Waals surface area contributed by atoms with Crippen LogP contribution in [-0.4, -0.2) is 26.9 Å². The molecular weight excluding hydrogens is 290 g/mol. The Kier molecular flexibility index (Phi) is 4.94. The molecule has 5 nitrogen and oxygen atoms in total. The van der Waals surface area contributed by atoms with Crippen LogP contribution in [-0.2, 0) is 14.6 Å². The lowest BCUT2D eigenvalue weighted by Crippen LogP contribution is -2.19. The standard InChI is InChI=1S/C15H15NO4S/c17-15(16-13-7-3-1-4-8-13)20-11-12-21(18,19)14-9-5-2-6-10-14/h1-10H,11-12H2,(H,16,17).